The topological polar surface area (TPSA) is 81.7 Å². The summed E-state index contributed by atoms with van der Waals surface area (Å²) in [6.45, 7) is 0.633. The molecule has 1 atom stereocenters. The van der Waals surface area contributed by atoms with Gasteiger partial charge in [-0.2, -0.15) is 8.42 Å². The van der Waals surface area contributed by atoms with Crippen molar-refractivity contribution >= 4 is 16.0 Å². The maximum atomic E-state index is 11.6. The van der Waals surface area contributed by atoms with Crippen LogP contribution in [0.4, 0.5) is 0 Å². The normalized spacial score (nSPS) is 18.1. The highest BCUT2D eigenvalue weighted by atomic mass is 32.2. The number of rotatable bonds is 5. The molecule has 0 saturated heterocycles. The molecule has 1 aromatic carbocycles. The van der Waals surface area contributed by atoms with E-state index >= 15 is 0 Å². The second-order valence-corrected chi connectivity index (χ2v) is 6.56. The van der Waals surface area contributed by atoms with E-state index in [2.05, 4.69) is 5.32 Å². The first kappa shape index (κ1) is 15.9. The average Bonchev–Trinajstić information content (AvgIpc) is 2.44. The molecule has 0 aliphatic carbocycles. The van der Waals surface area contributed by atoms with Crippen molar-refractivity contribution in [1.82, 2.24) is 5.32 Å². The minimum absolute atomic E-state index is 0.0835. The molecule has 1 unspecified atom stereocenters. The summed E-state index contributed by atoms with van der Waals surface area (Å²) in [4.78, 5) is 11.6. The van der Waals surface area contributed by atoms with E-state index in [-0.39, 0.29) is 18.6 Å². The van der Waals surface area contributed by atoms with E-state index in [1.165, 1.54) is 0 Å². The van der Waals surface area contributed by atoms with E-state index in [1.807, 2.05) is 12.1 Å². The molecule has 0 spiro atoms. The molecule has 0 aromatic heterocycles. The van der Waals surface area contributed by atoms with Gasteiger partial charge in [0.25, 0.3) is 16.0 Å². The van der Waals surface area contributed by atoms with Crippen LogP contribution in [-0.2, 0) is 25.5 Å². The van der Waals surface area contributed by atoms with Gasteiger partial charge in [0.2, 0.25) is 0 Å². The van der Waals surface area contributed by atoms with Crippen molar-refractivity contribution < 1.29 is 22.1 Å². The fourth-order valence-corrected chi connectivity index (χ4v) is 2.77. The molecule has 1 aromatic rings. The Morgan fingerprint density at radius 3 is 2.90 bits per heavy atom. The van der Waals surface area contributed by atoms with Crippen molar-refractivity contribution in [3.63, 3.8) is 0 Å². The number of nitrogens with one attached hydrogen (secondary N) is 1. The van der Waals surface area contributed by atoms with E-state index in [9.17, 15) is 13.2 Å². The average molecular weight is 313 g/mol. The van der Waals surface area contributed by atoms with Gasteiger partial charge in [0.15, 0.2) is 0 Å². The van der Waals surface area contributed by atoms with Gasteiger partial charge in [-0.3, -0.25) is 8.98 Å². The second kappa shape index (κ2) is 6.55. The lowest BCUT2D eigenvalue weighted by atomic mass is 9.94. The Kier molecular flexibility index (Phi) is 4.97. The third-order valence-corrected chi connectivity index (χ3v) is 3.94. The molecular formula is C14H19NO5S. The van der Waals surface area contributed by atoms with Gasteiger partial charge >= 0.3 is 0 Å². The van der Waals surface area contributed by atoms with Crippen molar-refractivity contribution in [1.29, 1.82) is 0 Å². The van der Waals surface area contributed by atoms with Crippen LogP contribution in [0.25, 0.3) is 0 Å². The van der Waals surface area contributed by atoms with Gasteiger partial charge in [0.1, 0.15) is 0 Å². The van der Waals surface area contributed by atoms with Crippen molar-refractivity contribution in [2.75, 3.05) is 26.5 Å². The zero-order valence-electron chi connectivity index (χ0n) is 12.1. The van der Waals surface area contributed by atoms with E-state index in [4.69, 9.17) is 8.92 Å². The van der Waals surface area contributed by atoms with Crippen LogP contribution in [0.15, 0.2) is 18.2 Å². The number of carbonyl (C=O) groups is 1. The quantitative estimate of drug-likeness (QED) is 0.821. The third kappa shape index (κ3) is 4.26. The van der Waals surface area contributed by atoms with E-state index in [0.29, 0.717) is 18.6 Å². The summed E-state index contributed by atoms with van der Waals surface area (Å²) in [5.41, 5.74) is 2.67. The van der Waals surface area contributed by atoms with Gasteiger partial charge in [-0.25, -0.2) is 0 Å². The van der Waals surface area contributed by atoms with E-state index in [1.54, 1.807) is 13.1 Å². The fraction of sp³-hybridized carbons (Fsp3) is 0.500. The van der Waals surface area contributed by atoms with Crippen molar-refractivity contribution in [3.8, 4) is 0 Å². The molecule has 0 bridgehead atoms. The first-order valence-corrected chi connectivity index (χ1v) is 8.53. The van der Waals surface area contributed by atoms with Gasteiger partial charge in [-0.15, -0.1) is 0 Å². The maximum Gasteiger partial charge on any atom is 0.264 e. The molecule has 116 valence electrons. The van der Waals surface area contributed by atoms with Crippen LogP contribution in [0.1, 0.15) is 34.0 Å². The van der Waals surface area contributed by atoms with E-state index in [0.717, 1.165) is 23.8 Å². The number of fused-ring (bicyclic) bond motifs is 1. The Morgan fingerprint density at radius 1 is 1.48 bits per heavy atom. The Balaban J connectivity index is 2.10. The lowest BCUT2D eigenvalue weighted by molar-refractivity contribution is 0.0282. The molecule has 2 rings (SSSR count). The summed E-state index contributed by atoms with van der Waals surface area (Å²) in [5, 5.41) is 2.59. The zero-order chi connectivity index (χ0) is 15.5. The molecule has 0 fully saturated rings. The van der Waals surface area contributed by atoms with E-state index < -0.39 is 10.1 Å². The molecule has 7 heteroatoms. The first-order valence-electron chi connectivity index (χ1n) is 6.71. The zero-order valence-corrected chi connectivity index (χ0v) is 12.9. The summed E-state index contributed by atoms with van der Waals surface area (Å²) >= 11 is 0. The molecule has 6 nitrogen and oxygen atoms in total. The highest BCUT2D eigenvalue weighted by molar-refractivity contribution is 7.85. The largest absolute Gasteiger partial charge is 0.373 e. The Hall–Kier alpha value is -1.44. The summed E-state index contributed by atoms with van der Waals surface area (Å²) in [7, 11) is -1.84. The lowest BCUT2D eigenvalue weighted by Gasteiger charge is -2.26. The SMILES string of the molecule is CNC(=O)c1ccc2c(c1)CCOC2CCOS(C)(=O)=O. The Morgan fingerprint density at radius 2 is 2.24 bits per heavy atom. The monoisotopic (exact) mass is 313 g/mol. The highest BCUT2D eigenvalue weighted by Crippen LogP contribution is 2.30. The summed E-state index contributed by atoms with van der Waals surface area (Å²) in [6, 6.07) is 5.47. The number of benzene rings is 1. The third-order valence-electron chi connectivity index (χ3n) is 3.35. The first-order chi connectivity index (χ1) is 9.90. The second-order valence-electron chi connectivity index (χ2n) is 4.92. The Labute approximate surface area is 124 Å². The van der Waals surface area contributed by atoms with Gasteiger partial charge in [0, 0.05) is 19.0 Å². The van der Waals surface area contributed by atoms with Crippen LogP contribution in [0, 0.1) is 0 Å². The number of hydrogen-bond acceptors (Lipinski definition) is 5. The number of ether oxygens (including phenoxy) is 1. The van der Waals surface area contributed by atoms with Gasteiger partial charge in [0.05, 0.1) is 25.6 Å². The van der Waals surface area contributed by atoms with Crippen LogP contribution in [-0.4, -0.2) is 40.8 Å². The van der Waals surface area contributed by atoms with Crippen molar-refractivity contribution in [2.24, 2.45) is 0 Å². The van der Waals surface area contributed by atoms with Crippen LogP contribution < -0.4 is 5.32 Å². The molecule has 1 heterocycles. The fourth-order valence-electron chi connectivity index (χ4n) is 2.37. The molecule has 0 radical (unpaired) electrons. The predicted molar refractivity (Wildman–Crippen MR) is 77.6 cm³/mol. The smallest absolute Gasteiger partial charge is 0.264 e. The summed E-state index contributed by atoms with van der Waals surface area (Å²) < 4.78 is 32.4. The molecule has 1 aliphatic heterocycles. The molecule has 1 N–H and O–H groups in total. The molecule has 21 heavy (non-hydrogen) atoms. The molecular weight excluding hydrogens is 294 g/mol. The summed E-state index contributed by atoms with van der Waals surface area (Å²) in [5.74, 6) is -0.124. The number of amides is 1. The molecule has 1 aliphatic rings. The standard InChI is InChI=1S/C14H19NO5S/c1-15-14(16)11-3-4-12-10(9-11)5-7-19-13(12)6-8-20-21(2,17)18/h3-4,9,13H,5-8H2,1-2H3,(H,15,16). The molecule has 1 amide bonds. The number of hydrogen-bond donors (Lipinski definition) is 1. The van der Waals surface area contributed by atoms with Crippen LogP contribution in [0.5, 0.6) is 0 Å². The van der Waals surface area contributed by atoms with Crippen LogP contribution in [0.3, 0.4) is 0 Å². The van der Waals surface area contributed by atoms with Crippen molar-refractivity contribution in [2.45, 2.75) is 18.9 Å². The van der Waals surface area contributed by atoms with Crippen molar-refractivity contribution in [3.05, 3.63) is 34.9 Å². The Bertz CT molecular complexity index is 626. The predicted octanol–water partition coefficient (Wildman–Crippen LogP) is 1.03. The minimum atomic E-state index is -3.43. The molecule has 0 saturated carbocycles. The minimum Gasteiger partial charge on any atom is -0.373 e. The van der Waals surface area contributed by atoms with Gasteiger partial charge < -0.3 is 10.1 Å². The number of carbonyl (C=O) groups excluding carboxylic acids is 1. The lowest BCUT2D eigenvalue weighted by Crippen LogP contribution is -2.21. The summed E-state index contributed by atoms with van der Waals surface area (Å²) in [6.07, 6.45) is 2.02. The maximum absolute atomic E-state index is 11.6. The highest BCUT2D eigenvalue weighted by Gasteiger charge is 2.22. The van der Waals surface area contributed by atoms with Gasteiger partial charge in [-0.1, -0.05) is 6.07 Å². The van der Waals surface area contributed by atoms with Crippen LogP contribution in [0.2, 0.25) is 0 Å². The van der Waals surface area contributed by atoms with Crippen LogP contribution >= 0.6 is 0 Å². The van der Waals surface area contributed by atoms with Gasteiger partial charge in [-0.05, 0) is 29.7 Å².